The third-order valence-corrected chi connectivity index (χ3v) is 3.84. The predicted molar refractivity (Wildman–Crippen MR) is 82.9 cm³/mol. The Hall–Kier alpha value is -2.47. The molecule has 0 saturated carbocycles. The first-order valence-electron chi connectivity index (χ1n) is 6.42. The Morgan fingerprint density at radius 1 is 1.19 bits per heavy atom. The number of nitrogens with zero attached hydrogens (tertiary/aromatic N) is 2. The van der Waals surface area contributed by atoms with E-state index in [0.717, 1.165) is 27.8 Å². The summed E-state index contributed by atoms with van der Waals surface area (Å²) < 4.78 is 8.38. The van der Waals surface area contributed by atoms with Gasteiger partial charge in [-0.15, -0.1) is 0 Å². The van der Waals surface area contributed by atoms with Gasteiger partial charge in [-0.05, 0) is 42.3 Å². The molecule has 0 saturated heterocycles. The topological polar surface area (TPSA) is 75.1 Å². The molecular formula is C15H13N3O2S. The number of anilines is 1. The number of aromatic nitrogens is 2. The van der Waals surface area contributed by atoms with Gasteiger partial charge in [0.15, 0.2) is 0 Å². The van der Waals surface area contributed by atoms with E-state index in [4.69, 9.17) is 5.11 Å². The third-order valence-electron chi connectivity index (χ3n) is 3.29. The lowest BCUT2D eigenvalue weighted by atomic mass is 10.1. The molecule has 3 aromatic rings. The van der Waals surface area contributed by atoms with E-state index in [-0.39, 0.29) is 5.56 Å². The summed E-state index contributed by atoms with van der Waals surface area (Å²) in [6.45, 7) is 2.55. The summed E-state index contributed by atoms with van der Waals surface area (Å²) in [4.78, 5) is 11.0. The summed E-state index contributed by atoms with van der Waals surface area (Å²) in [6, 6.07) is 11.0. The van der Waals surface area contributed by atoms with E-state index in [2.05, 4.69) is 14.1 Å². The second-order valence-electron chi connectivity index (χ2n) is 4.78. The molecule has 2 aromatic carbocycles. The van der Waals surface area contributed by atoms with Crippen LogP contribution in [0.5, 0.6) is 0 Å². The van der Waals surface area contributed by atoms with Gasteiger partial charge >= 0.3 is 5.97 Å². The number of carboxylic acid groups (broad SMARTS) is 1. The summed E-state index contributed by atoms with van der Waals surface area (Å²) in [6.07, 6.45) is 0. The van der Waals surface area contributed by atoms with Gasteiger partial charge in [0.2, 0.25) is 0 Å². The maximum atomic E-state index is 11.0. The minimum atomic E-state index is -0.923. The van der Waals surface area contributed by atoms with Gasteiger partial charge in [0.25, 0.3) is 0 Å². The fourth-order valence-electron chi connectivity index (χ4n) is 2.08. The van der Waals surface area contributed by atoms with Crippen molar-refractivity contribution >= 4 is 34.4 Å². The summed E-state index contributed by atoms with van der Waals surface area (Å²) in [5.74, 6) is -0.923. The van der Waals surface area contributed by atoms with Crippen molar-refractivity contribution < 1.29 is 9.90 Å². The number of nitrogens with one attached hydrogen (secondary N) is 1. The molecule has 0 amide bonds. The molecule has 0 aliphatic rings. The van der Waals surface area contributed by atoms with Gasteiger partial charge in [-0.2, -0.15) is 8.75 Å². The number of carbonyl (C=O) groups is 1. The lowest BCUT2D eigenvalue weighted by Crippen LogP contribution is -2.03. The van der Waals surface area contributed by atoms with Crippen LogP contribution in [0, 0.1) is 6.92 Å². The maximum absolute atomic E-state index is 11.0. The van der Waals surface area contributed by atoms with E-state index < -0.39 is 5.97 Å². The summed E-state index contributed by atoms with van der Waals surface area (Å²) in [7, 11) is 0. The predicted octanol–water partition coefficient (Wildman–Crippen LogP) is 3.31. The Morgan fingerprint density at radius 3 is 2.81 bits per heavy atom. The number of carboxylic acids is 1. The number of hydrogen-bond acceptors (Lipinski definition) is 5. The Balaban J connectivity index is 1.80. The monoisotopic (exact) mass is 299 g/mol. The Labute approximate surface area is 125 Å². The van der Waals surface area contributed by atoms with E-state index in [1.165, 1.54) is 11.7 Å². The Kier molecular flexibility index (Phi) is 3.53. The molecule has 2 N–H and O–H groups in total. The number of fused-ring (bicyclic) bond motifs is 1. The zero-order chi connectivity index (χ0) is 14.8. The zero-order valence-corrected chi connectivity index (χ0v) is 12.1. The van der Waals surface area contributed by atoms with Gasteiger partial charge < -0.3 is 10.4 Å². The smallest absolute Gasteiger partial charge is 0.335 e. The molecule has 5 nitrogen and oxygen atoms in total. The van der Waals surface area contributed by atoms with Gasteiger partial charge in [-0.25, -0.2) is 4.79 Å². The summed E-state index contributed by atoms with van der Waals surface area (Å²) in [5.41, 5.74) is 4.98. The van der Waals surface area contributed by atoms with Crippen molar-refractivity contribution in [3.8, 4) is 0 Å². The quantitative estimate of drug-likeness (QED) is 0.773. The number of aryl methyl sites for hydroxylation is 1. The van der Waals surface area contributed by atoms with Gasteiger partial charge in [0, 0.05) is 12.2 Å². The molecule has 0 atom stereocenters. The molecule has 0 bridgehead atoms. The van der Waals surface area contributed by atoms with Crippen molar-refractivity contribution in [3.05, 3.63) is 53.1 Å². The second-order valence-corrected chi connectivity index (χ2v) is 5.30. The largest absolute Gasteiger partial charge is 0.478 e. The van der Waals surface area contributed by atoms with Crippen LogP contribution in [0.2, 0.25) is 0 Å². The van der Waals surface area contributed by atoms with Gasteiger partial charge in [-0.3, -0.25) is 0 Å². The van der Waals surface area contributed by atoms with Crippen LogP contribution in [0.3, 0.4) is 0 Å². The van der Waals surface area contributed by atoms with Crippen molar-refractivity contribution in [2.45, 2.75) is 13.5 Å². The fraction of sp³-hybridized carbons (Fsp3) is 0.133. The number of hydrogen-bond donors (Lipinski definition) is 2. The molecule has 21 heavy (non-hydrogen) atoms. The van der Waals surface area contributed by atoms with Crippen LogP contribution >= 0.6 is 11.7 Å². The van der Waals surface area contributed by atoms with Crippen LogP contribution in [0.1, 0.15) is 21.5 Å². The standard InChI is InChI=1S/C15H13N3O2S/c1-9-2-4-11(15(19)20)7-13(9)16-8-10-3-5-12-14(6-10)18-21-17-12/h2-7,16H,8H2,1H3,(H,19,20). The van der Waals surface area contributed by atoms with E-state index in [1.807, 2.05) is 25.1 Å². The van der Waals surface area contributed by atoms with Crippen molar-refractivity contribution in [1.29, 1.82) is 0 Å². The molecule has 3 rings (SSSR count). The van der Waals surface area contributed by atoms with Crippen molar-refractivity contribution in [2.24, 2.45) is 0 Å². The van der Waals surface area contributed by atoms with Crippen molar-refractivity contribution in [2.75, 3.05) is 5.32 Å². The minimum absolute atomic E-state index is 0.280. The summed E-state index contributed by atoms with van der Waals surface area (Å²) >= 11 is 1.20. The molecule has 0 spiro atoms. The molecule has 106 valence electrons. The molecular weight excluding hydrogens is 286 g/mol. The first-order chi connectivity index (χ1) is 10.1. The van der Waals surface area contributed by atoms with Crippen LogP contribution in [0.15, 0.2) is 36.4 Å². The lowest BCUT2D eigenvalue weighted by molar-refractivity contribution is 0.0697. The maximum Gasteiger partial charge on any atom is 0.335 e. The molecule has 0 fully saturated rings. The Bertz CT molecular complexity index is 814. The average Bonchev–Trinajstić information content (AvgIpc) is 2.93. The van der Waals surface area contributed by atoms with Crippen LogP contribution in [0.25, 0.3) is 11.0 Å². The van der Waals surface area contributed by atoms with Crippen LogP contribution in [0.4, 0.5) is 5.69 Å². The molecule has 0 unspecified atom stereocenters. The molecule has 0 aliphatic heterocycles. The molecule has 1 aromatic heterocycles. The van der Waals surface area contributed by atoms with Crippen molar-refractivity contribution in [3.63, 3.8) is 0 Å². The highest BCUT2D eigenvalue weighted by molar-refractivity contribution is 7.00. The minimum Gasteiger partial charge on any atom is -0.478 e. The molecule has 6 heteroatoms. The molecule has 1 heterocycles. The van der Waals surface area contributed by atoms with Gasteiger partial charge in [-0.1, -0.05) is 12.1 Å². The SMILES string of the molecule is Cc1ccc(C(=O)O)cc1NCc1ccc2nsnc2c1. The highest BCUT2D eigenvalue weighted by Crippen LogP contribution is 2.19. The van der Waals surface area contributed by atoms with E-state index in [0.29, 0.717) is 6.54 Å². The van der Waals surface area contributed by atoms with Crippen LogP contribution in [-0.2, 0) is 6.54 Å². The number of aromatic carboxylic acids is 1. The molecule has 0 aliphatic carbocycles. The number of benzene rings is 2. The lowest BCUT2D eigenvalue weighted by Gasteiger charge is -2.10. The van der Waals surface area contributed by atoms with E-state index in [9.17, 15) is 4.79 Å². The van der Waals surface area contributed by atoms with Gasteiger partial charge in [0.1, 0.15) is 11.0 Å². The fourth-order valence-corrected chi connectivity index (χ4v) is 2.60. The van der Waals surface area contributed by atoms with Crippen LogP contribution < -0.4 is 5.32 Å². The highest BCUT2D eigenvalue weighted by atomic mass is 32.1. The summed E-state index contributed by atoms with van der Waals surface area (Å²) in [5, 5.41) is 12.3. The highest BCUT2D eigenvalue weighted by Gasteiger charge is 2.06. The van der Waals surface area contributed by atoms with Crippen molar-refractivity contribution in [1.82, 2.24) is 8.75 Å². The first-order valence-corrected chi connectivity index (χ1v) is 7.15. The van der Waals surface area contributed by atoms with E-state index >= 15 is 0 Å². The normalized spacial score (nSPS) is 10.7. The Morgan fingerprint density at radius 2 is 2.00 bits per heavy atom. The zero-order valence-electron chi connectivity index (χ0n) is 11.3. The number of rotatable bonds is 4. The third kappa shape index (κ3) is 2.85. The van der Waals surface area contributed by atoms with E-state index in [1.54, 1.807) is 18.2 Å². The van der Waals surface area contributed by atoms with Gasteiger partial charge in [0.05, 0.1) is 17.3 Å². The second kappa shape index (κ2) is 5.49. The molecule has 0 radical (unpaired) electrons. The van der Waals surface area contributed by atoms with Crippen LogP contribution in [-0.4, -0.2) is 19.8 Å². The first kappa shape index (κ1) is 13.5. The average molecular weight is 299 g/mol.